The molecule has 0 unspecified atom stereocenters. The lowest BCUT2D eigenvalue weighted by Gasteiger charge is -2.24. The minimum absolute atomic E-state index is 0.212. The highest BCUT2D eigenvalue weighted by Crippen LogP contribution is 2.39. The van der Waals surface area contributed by atoms with Crippen LogP contribution in [0.4, 0.5) is 0 Å². The van der Waals surface area contributed by atoms with Gasteiger partial charge in [0, 0.05) is 5.92 Å². The predicted molar refractivity (Wildman–Crippen MR) is 115 cm³/mol. The number of hydrogen-bond acceptors (Lipinski definition) is 0. The third-order valence-electron chi connectivity index (χ3n) is 5.21. The molecule has 4 aromatic rings. The van der Waals surface area contributed by atoms with E-state index >= 15 is 0 Å². The molecule has 0 heteroatoms. The second kappa shape index (κ2) is 7.63. The van der Waals surface area contributed by atoms with Crippen molar-refractivity contribution < 1.29 is 0 Å². The fourth-order valence-corrected chi connectivity index (χ4v) is 3.94. The molecule has 0 aliphatic carbocycles. The SMILES string of the molecule is Cc1cccc(-c2cccc(C)c2C(c2ccccc2)c2ccccc2)c1. The highest BCUT2D eigenvalue weighted by atomic mass is 14.2. The van der Waals surface area contributed by atoms with Crippen molar-refractivity contribution >= 4 is 0 Å². The van der Waals surface area contributed by atoms with Gasteiger partial charge in [-0.3, -0.25) is 0 Å². The van der Waals surface area contributed by atoms with E-state index in [0.29, 0.717) is 0 Å². The molecule has 0 saturated carbocycles. The third-order valence-corrected chi connectivity index (χ3v) is 5.21. The first-order valence-electron chi connectivity index (χ1n) is 9.50. The highest BCUT2D eigenvalue weighted by molar-refractivity contribution is 5.72. The quantitative estimate of drug-likeness (QED) is 0.343. The van der Waals surface area contributed by atoms with Gasteiger partial charge in [-0.2, -0.15) is 0 Å². The van der Waals surface area contributed by atoms with E-state index in [9.17, 15) is 0 Å². The Morgan fingerprint density at radius 3 is 1.74 bits per heavy atom. The molecule has 0 radical (unpaired) electrons. The van der Waals surface area contributed by atoms with Gasteiger partial charge < -0.3 is 0 Å². The van der Waals surface area contributed by atoms with Gasteiger partial charge in [-0.25, -0.2) is 0 Å². The van der Waals surface area contributed by atoms with Crippen LogP contribution in [0.5, 0.6) is 0 Å². The Hall–Kier alpha value is -3.12. The zero-order valence-electron chi connectivity index (χ0n) is 15.9. The van der Waals surface area contributed by atoms with Crippen molar-refractivity contribution in [3.05, 3.63) is 131 Å². The summed E-state index contributed by atoms with van der Waals surface area (Å²) in [5.74, 6) is 0.212. The largest absolute Gasteiger partial charge is 0.0622 e. The van der Waals surface area contributed by atoms with E-state index < -0.39 is 0 Å². The number of benzene rings is 4. The highest BCUT2D eigenvalue weighted by Gasteiger charge is 2.22. The van der Waals surface area contributed by atoms with Crippen LogP contribution in [0.1, 0.15) is 33.7 Å². The van der Waals surface area contributed by atoms with E-state index in [2.05, 4.69) is 117 Å². The van der Waals surface area contributed by atoms with E-state index in [-0.39, 0.29) is 5.92 Å². The summed E-state index contributed by atoms with van der Waals surface area (Å²) in [6.45, 7) is 4.39. The summed E-state index contributed by atoms with van der Waals surface area (Å²) in [5.41, 5.74) is 9.25. The summed E-state index contributed by atoms with van der Waals surface area (Å²) in [7, 11) is 0. The van der Waals surface area contributed by atoms with Gasteiger partial charge in [0.2, 0.25) is 0 Å². The molecule has 4 rings (SSSR count). The molecule has 0 aromatic heterocycles. The van der Waals surface area contributed by atoms with Gasteiger partial charge in [0.1, 0.15) is 0 Å². The molecule has 4 aromatic carbocycles. The molecular formula is C27H24. The molecular weight excluding hydrogens is 324 g/mol. The minimum Gasteiger partial charge on any atom is -0.0622 e. The monoisotopic (exact) mass is 348 g/mol. The topological polar surface area (TPSA) is 0 Å². The molecule has 27 heavy (non-hydrogen) atoms. The van der Waals surface area contributed by atoms with Crippen LogP contribution in [0.15, 0.2) is 103 Å². The fourth-order valence-electron chi connectivity index (χ4n) is 3.94. The number of rotatable bonds is 4. The van der Waals surface area contributed by atoms with E-state index in [1.54, 1.807) is 0 Å². The average Bonchev–Trinajstić information content (AvgIpc) is 2.71. The molecule has 0 N–H and O–H groups in total. The van der Waals surface area contributed by atoms with E-state index in [1.165, 1.54) is 38.9 Å². The Morgan fingerprint density at radius 2 is 1.15 bits per heavy atom. The van der Waals surface area contributed by atoms with Gasteiger partial charge >= 0.3 is 0 Å². The van der Waals surface area contributed by atoms with Gasteiger partial charge in [0.15, 0.2) is 0 Å². The molecule has 0 aliphatic heterocycles. The number of aryl methyl sites for hydroxylation is 2. The Balaban J connectivity index is 1.99. The van der Waals surface area contributed by atoms with Crippen LogP contribution in [-0.2, 0) is 0 Å². The van der Waals surface area contributed by atoms with Crippen molar-refractivity contribution in [2.24, 2.45) is 0 Å². The van der Waals surface area contributed by atoms with Crippen molar-refractivity contribution in [3.63, 3.8) is 0 Å². The van der Waals surface area contributed by atoms with Crippen molar-refractivity contribution in [1.82, 2.24) is 0 Å². The lowest BCUT2D eigenvalue weighted by Crippen LogP contribution is -2.07. The molecule has 132 valence electrons. The van der Waals surface area contributed by atoms with Crippen molar-refractivity contribution in [2.75, 3.05) is 0 Å². The number of hydrogen-bond donors (Lipinski definition) is 0. The summed E-state index contributed by atoms with van der Waals surface area (Å²) in [4.78, 5) is 0. The Labute approximate surface area is 162 Å². The maximum absolute atomic E-state index is 2.28. The van der Waals surface area contributed by atoms with Gasteiger partial charge in [0.05, 0.1) is 0 Å². The van der Waals surface area contributed by atoms with Gasteiger partial charge in [-0.15, -0.1) is 0 Å². The van der Waals surface area contributed by atoms with E-state index in [1.807, 2.05) is 0 Å². The van der Waals surface area contributed by atoms with Crippen molar-refractivity contribution in [3.8, 4) is 11.1 Å². The van der Waals surface area contributed by atoms with Crippen LogP contribution in [-0.4, -0.2) is 0 Å². The average molecular weight is 348 g/mol. The molecule has 0 saturated heterocycles. The van der Waals surface area contributed by atoms with E-state index in [4.69, 9.17) is 0 Å². The van der Waals surface area contributed by atoms with Crippen LogP contribution in [0.3, 0.4) is 0 Å². The lowest BCUT2D eigenvalue weighted by atomic mass is 9.79. The third kappa shape index (κ3) is 3.57. The summed E-state index contributed by atoms with van der Waals surface area (Å²) >= 11 is 0. The molecule has 0 spiro atoms. The van der Waals surface area contributed by atoms with Crippen LogP contribution in [0, 0.1) is 13.8 Å². The first-order chi connectivity index (χ1) is 13.2. The van der Waals surface area contributed by atoms with Crippen LogP contribution >= 0.6 is 0 Å². The van der Waals surface area contributed by atoms with Crippen molar-refractivity contribution in [2.45, 2.75) is 19.8 Å². The summed E-state index contributed by atoms with van der Waals surface area (Å²) in [6, 6.07) is 37.1. The molecule has 0 heterocycles. The molecule has 0 bridgehead atoms. The van der Waals surface area contributed by atoms with Crippen LogP contribution in [0.2, 0.25) is 0 Å². The lowest BCUT2D eigenvalue weighted by molar-refractivity contribution is 0.965. The van der Waals surface area contributed by atoms with Gasteiger partial charge in [-0.1, -0.05) is 109 Å². The molecule has 0 amide bonds. The summed E-state index contributed by atoms with van der Waals surface area (Å²) in [6.07, 6.45) is 0. The normalized spacial score (nSPS) is 10.9. The molecule has 0 atom stereocenters. The predicted octanol–water partition coefficient (Wildman–Crippen LogP) is 7.15. The Kier molecular flexibility index (Phi) is 4.89. The van der Waals surface area contributed by atoms with E-state index in [0.717, 1.165) is 0 Å². The second-order valence-corrected chi connectivity index (χ2v) is 7.16. The Bertz CT molecular complexity index is 990. The zero-order valence-corrected chi connectivity index (χ0v) is 15.9. The zero-order chi connectivity index (χ0) is 18.6. The van der Waals surface area contributed by atoms with Crippen molar-refractivity contribution in [1.29, 1.82) is 0 Å². The standard InChI is InChI=1S/C27H24/c1-20-11-9-17-24(19-20)25-18-10-12-21(2)26(25)27(22-13-5-3-6-14-22)23-15-7-4-8-16-23/h3-19,27H,1-2H3. The maximum atomic E-state index is 2.28. The first kappa shape index (κ1) is 17.3. The maximum Gasteiger partial charge on any atom is 0.0348 e. The molecule has 0 fully saturated rings. The van der Waals surface area contributed by atoms with Gasteiger partial charge in [0.25, 0.3) is 0 Å². The fraction of sp³-hybridized carbons (Fsp3) is 0.111. The Morgan fingerprint density at radius 1 is 0.556 bits per heavy atom. The summed E-state index contributed by atoms with van der Waals surface area (Å²) in [5, 5.41) is 0. The van der Waals surface area contributed by atoms with Crippen LogP contribution in [0.25, 0.3) is 11.1 Å². The van der Waals surface area contributed by atoms with Crippen LogP contribution < -0.4 is 0 Å². The second-order valence-electron chi connectivity index (χ2n) is 7.16. The molecule has 0 nitrogen and oxygen atoms in total. The minimum atomic E-state index is 0.212. The molecule has 0 aliphatic rings. The summed E-state index contributed by atoms with van der Waals surface area (Å²) < 4.78 is 0. The van der Waals surface area contributed by atoms with Gasteiger partial charge in [-0.05, 0) is 47.2 Å². The smallest absolute Gasteiger partial charge is 0.0348 e. The first-order valence-corrected chi connectivity index (χ1v) is 9.50.